The third-order valence-corrected chi connectivity index (χ3v) is 6.43. The van der Waals surface area contributed by atoms with E-state index in [-0.39, 0.29) is 0 Å². The average molecular weight is 453 g/mol. The molecule has 0 atom stereocenters. The monoisotopic (exact) mass is 452 g/mol. The predicted molar refractivity (Wildman–Crippen MR) is 110 cm³/mol. The SMILES string of the molecule is Cc1c(Cc2c[nH]c3c(Cl)cccc23)n(SI)c2ccccc12. The largest absolute Gasteiger partial charge is 0.360 e. The molecule has 0 saturated heterocycles. The quantitative estimate of drug-likeness (QED) is 0.351. The van der Waals surface area contributed by atoms with Crippen LogP contribution in [0.1, 0.15) is 16.8 Å². The van der Waals surface area contributed by atoms with Gasteiger partial charge in [-0.05, 0) is 30.2 Å². The van der Waals surface area contributed by atoms with Crippen LogP contribution in [-0.4, -0.2) is 8.96 Å². The number of aryl methyl sites for hydroxylation is 1. The number of rotatable bonds is 3. The molecule has 4 rings (SSSR count). The summed E-state index contributed by atoms with van der Waals surface area (Å²) in [6, 6.07) is 14.7. The minimum Gasteiger partial charge on any atom is -0.360 e. The highest BCUT2D eigenvalue weighted by atomic mass is 127. The number of nitrogens with zero attached hydrogens (tertiary/aromatic N) is 1. The van der Waals surface area contributed by atoms with Crippen LogP contribution in [0, 0.1) is 6.92 Å². The van der Waals surface area contributed by atoms with Gasteiger partial charge in [-0.2, -0.15) is 0 Å². The molecule has 0 aliphatic carbocycles. The third kappa shape index (κ3) is 2.47. The Morgan fingerprint density at radius 3 is 2.74 bits per heavy atom. The predicted octanol–water partition coefficient (Wildman–Crippen LogP) is 6.52. The minimum atomic E-state index is 0.772. The molecular weight excluding hydrogens is 439 g/mol. The van der Waals surface area contributed by atoms with E-state index < -0.39 is 0 Å². The van der Waals surface area contributed by atoms with Gasteiger partial charge in [0, 0.05) is 59.4 Å². The molecule has 4 aromatic rings. The van der Waals surface area contributed by atoms with Crippen LogP contribution in [0.3, 0.4) is 0 Å². The van der Waals surface area contributed by atoms with Gasteiger partial charge in [0.2, 0.25) is 0 Å². The van der Waals surface area contributed by atoms with E-state index in [0.717, 1.165) is 17.0 Å². The fourth-order valence-electron chi connectivity index (χ4n) is 3.21. The number of halogens is 2. The van der Waals surface area contributed by atoms with Crippen LogP contribution in [0.5, 0.6) is 0 Å². The number of aromatic nitrogens is 2. The number of para-hydroxylation sites is 2. The van der Waals surface area contributed by atoms with Gasteiger partial charge in [0.15, 0.2) is 0 Å². The molecule has 0 bridgehead atoms. The molecule has 1 N–H and O–H groups in total. The first kappa shape index (κ1) is 15.4. The van der Waals surface area contributed by atoms with Crippen LogP contribution in [0.2, 0.25) is 5.02 Å². The van der Waals surface area contributed by atoms with Crippen molar-refractivity contribution in [1.82, 2.24) is 8.96 Å². The maximum absolute atomic E-state index is 6.29. The molecule has 0 fully saturated rings. The molecule has 0 aliphatic heterocycles. The zero-order valence-corrected chi connectivity index (χ0v) is 16.2. The van der Waals surface area contributed by atoms with Crippen molar-refractivity contribution in [2.24, 2.45) is 0 Å². The lowest BCUT2D eigenvalue weighted by atomic mass is 10.1. The summed E-state index contributed by atoms with van der Waals surface area (Å²) in [5.41, 5.74) is 6.26. The number of aromatic amines is 1. The van der Waals surface area contributed by atoms with E-state index in [1.54, 1.807) is 9.12 Å². The van der Waals surface area contributed by atoms with Crippen LogP contribution >= 0.6 is 41.9 Å². The van der Waals surface area contributed by atoms with E-state index in [2.05, 4.69) is 73.6 Å². The smallest absolute Gasteiger partial charge is 0.0647 e. The normalized spacial score (nSPS) is 11.6. The highest BCUT2D eigenvalue weighted by molar-refractivity contribution is 14.2. The van der Waals surface area contributed by atoms with Gasteiger partial charge >= 0.3 is 0 Å². The zero-order valence-electron chi connectivity index (χ0n) is 12.4. The molecule has 5 heteroatoms. The molecule has 0 aliphatic rings. The maximum Gasteiger partial charge on any atom is 0.0647 e. The zero-order chi connectivity index (χ0) is 16.0. The van der Waals surface area contributed by atoms with Crippen molar-refractivity contribution in [3.63, 3.8) is 0 Å². The highest BCUT2D eigenvalue weighted by Gasteiger charge is 2.16. The van der Waals surface area contributed by atoms with Gasteiger partial charge < -0.3 is 4.98 Å². The number of hydrogen-bond donors (Lipinski definition) is 1. The number of fused-ring (bicyclic) bond motifs is 2. The van der Waals surface area contributed by atoms with Crippen molar-refractivity contribution in [1.29, 1.82) is 0 Å². The van der Waals surface area contributed by atoms with Gasteiger partial charge in [0.05, 0.1) is 16.1 Å². The lowest BCUT2D eigenvalue weighted by Crippen LogP contribution is -1.96. The van der Waals surface area contributed by atoms with Crippen LogP contribution in [-0.2, 0) is 6.42 Å². The fraction of sp³-hybridized carbons (Fsp3) is 0.111. The summed E-state index contributed by atoms with van der Waals surface area (Å²) in [5, 5.41) is 3.30. The molecule has 116 valence electrons. The third-order valence-electron chi connectivity index (χ3n) is 4.38. The molecule has 0 amide bonds. The van der Waals surface area contributed by atoms with Gasteiger partial charge in [-0.3, -0.25) is 3.97 Å². The van der Waals surface area contributed by atoms with E-state index in [1.807, 2.05) is 12.1 Å². The number of H-pyrrole nitrogens is 1. The first-order valence-electron chi connectivity index (χ1n) is 7.33. The van der Waals surface area contributed by atoms with Crippen LogP contribution in [0.25, 0.3) is 21.8 Å². The van der Waals surface area contributed by atoms with Crippen molar-refractivity contribution >= 4 is 63.7 Å². The maximum atomic E-state index is 6.29. The molecule has 2 aromatic carbocycles. The summed E-state index contributed by atoms with van der Waals surface area (Å²) in [7, 11) is 1.73. The van der Waals surface area contributed by atoms with Gasteiger partial charge in [-0.25, -0.2) is 0 Å². The second-order valence-corrected chi connectivity index (χ2v) is 7.70. The number of nitrogens with one attached hydrogen (secondary N) is 1. The van der Waals surface area contributed by atoms with Crippen molar-refractivity contribution in [3.8, 4) is 0 Å². The van der Waals surface area contributed by atoms with Gasteiger partial charge in [0.25, 0.3) is 0 Å². The molecule has 0 radical (unpaired) electrons. The Balaban J connectivity index is 1.89. The molecule has 0 saturated carbocycles. The Hall–Kier alpha value is -1.11. The first-order valence-corrected chi connectivity index (χ1v) is 11.0. The first-order chi connectivity index (χ1) is 11.2. The lowest BCUT2D eigenvalue weighted by Gasteiger charge is -2.06. The van der Waals surface area contributed by atoms with Crippen LogP contribution in [0.15, 0.2) is 48.7 Å². The second kappa shape index (κ2) is 6.07. The highest BCUT2D eigenvalue weighted by Crippen LogP contribution is 2.35. The van der Waals surface area contributed by atoms with Gasteiger partial charge in [-0.15, -0.1) is 0 Å². The van der Waals surface area contributed by atoms with E-state index in [1.165, 1.54) is 33.1 Å². The summed E-state index contributed by atoms with van der Waals surface area (Å²) in [4.78, 5) is 3.32. The van der Waals surface area contributed by atoms with E-state index in [9.17, 15) is 0 Å². The topological polar surface area (TPSA) is 20.7 Å². The summed E-state index contributed by atoms with van der Waals surface area (Å²) in [6.45, 7) is 2.21. The molecular formula is C18H14ClIN2S. The fourth-order valence-corrected chi connectivity index (χ4v) is 5.30. The summed E-state index contributed by atoms with van der Waals surface area (Å²) in [6.07, 6.45) is 2.96. The van der Waals surface area contributed by atoms with Crippen LogP contribution < -0.4 is 0 Å². The number of hydrogen-bond acceptors (Lipinski definition) is 1. The molecule has 0 unspecified atom stereocenters. The Kier molecular flexibility index (Phi) is 4.07. The molecule has 2 nitrogen and oxygen atoms in total. The number of benzene rings is 2. The Labute approximate surface area is 155 Å². The van der Waals surface area contributed by atoms with Gasteiger partial charge in [-0.1, -0.05) is 41.9 Å². The van der Waals surface area contributed by atoms with Crippen molar-refractivity contribution in [3.05, 3.63) is 70.5 Å². The molecule has 2 heterocycles. The molecule has 23 heavy (non-hydrogen) atoms. The molecule has 2 aromatic heterocycles. The van der Waals surface area contributed by atoms with E-state index >= 15 is 0 Å². The molecule has 0 spiro atoms. The Bertz CT molecular complexity index is 1020. The minimum absolute atomic E-state index is 0.772. The van der Waals surface area contributed by atoms with Crippen molar-refractivity contribution in [2.75, 3.05) is 0 Å². The Morgan fingerprint density at radius 2 is 1.91 bits per heavy atom. The van der Waals surface area contributed by atoms with Crippen LogP contribution in [0.4, 0.5) is 0 Å². The summed E-state index contributed by atoms with van der Waals surface area (Å²) in [5.74, 6) is 0. The lowest BCUT2D eigenvalue weighted by molar-refractivity contribution is 1.07. The average Bonchev–Trinajstić information content (AvgIpc) is 3.10. The summed E-state index contributed by atoms with van der Waals surface area (Å²) >= 11 is 8.64. The standard InChI is InChI=1S/C18H14ClIN2S/c1-11-13-5-2-3-8-16(13)22(23-20)17(11)9-12-10-21-18-14(12)6-4-7-15(18)19/h2-8,10,21H,9H2,1H3. The Morgan fingerprint density at radius 1 is 1.13 bits per heavy atom. The summed E-state index contributed by atoms with van der Waals surface area (Å²) < 4.78 is 2.33. The van der Waals surface area contributed by atoms with Crippen molar-refractivity contribution in [2.45, 2.75) is 13.3 Å². The van der Waals surface area contributed by atoms with Gasteiger partial charge in [0.1, 0.15) is 0 Å². The van der Waals surface area contributed by atoms with E-state index in [0.29, 0.717) is 0 Å². The van der Waals surface area contributed by atoms with E-state index in [4.69, 9.17) is 11.6 Å². The van der Waals surface area contributed by atoms with Crippen molar-refractivity contribution < 1.29 is 0 Å². The second-order valence-electron chi connectivity index (χ2n) is 5.61.